The van der Waals surface area contributed by atoms with E-state index in [-0.39, 0.29) is 11.8 Å². The highest BCUT2D eigenvalue weighted by Crippen LogP contribution is 2.22. The summed E-state index contributed by atoms with van der Waals surface area (Å²) in [6, 6.07) is 16.5. The molecular formula is C27H32N2O3. The van der Waals surface area contributed by atoms with E-state index in [2.05, 4.69) is 35.2 Å². The lowest BCUT2D eigenvalue weighted by Crippen LogP contribution is -2.37. The minimum absolute atomic E-state index is 0.134. The molecule has 0 bridgehead atoms. The number of hydrogen-bond acceptors (Lipinski definition) is 4. The maximum absolute atomic E-state index is 13.6. The van der Waals surface area contributed by atoms with E-state index in [1.54, 1.807) is 6.26 Å². The van der Waals surface area contributed by atoms with Gasteiger partial charge in [-0.3, -0.25) is 9.69 Å². The molecule has 0 N–H and O–H groups in total. The average Bonchev–Trinajstić information content (AvgIpc) is 3.17. The van der Waals surface area contributed by atoms with Gasteiger partial charge in [-0.1, -0.05) is 36.8 Å². The van der Waals surface area contributed by atoms with Gasteiger partial charge >= 0.3 is 0 Å². The van der Waals surface area contributed by atoms with Gasteiger partial charge < -0.3 is 14.1 Å². The summed E-state index contributed by atoms with van der Waals surface area (Å²) >= 11 is 0. The van der Waals surface area contributed by atoms with Crippen LogP contribution in [0.15, 0.2) is 59.2 Å². The van der Waals surface area contributed by atoms with Gasteiger partial charge in [-0.05, 0) is 61.7 Å². The van der Waals surface area contributed by atoms with Crippen molar-refractivity contribution in [2.75, 3.05) is 39.4 Å². The first-order chi connectivity index (χ1) is 15.8. The highest BCUT2D eigenvalue weighted by molar-refractivity contribution is 5.95. The molecule has 2 aliphatic heterocycles. The van der Waals surface area contributed by atoms with Crippen LogP contribution in [-0.4, -0.2) is 55.1 Å². The predicted octanol–water partition coefficient (Wildman–Crippen LogP) is 4.75. The van der Waals surface area contributed by atoms with Crippen LogP contribution >= 0.6 is 0 Å². The number of benzene rings is 2. The van der Waals surface area contributed by atoms with Gasteiger partial charge in [0.25, 0.3) is 5.91 Å². The number of amides is 1. The van der Waals surface area contributed by atoms with Gasteiger partial charge in [0, 0.05) is 36.5 Å². The molecule has 0 unspecified atom stereocenters. The first kappa shape index (κ1) is 21.2. The minimum atomic E-state index is 0.134. The van der Waals surface area contributed by atoms with Crippen LogP contribution in [0, 0.1) is 5.92 Å². The van der Waals surface area contributed by atoms with Crippen molar-refractivity contribution in [1.82, 2.24) is 9.80 Å². The topological polar surface area (TPSA) is 45.9 Å². The number of nitrogens with zero attached hydrogens (tertiary/aromatic N) is 2. The Morgan fingerprint density at radius 1 is 1.00 bits per heavy atom. The summed E-state index contributed by atoms with van der Waals surface area (Å²) in [5.41, 5.74) is 4.12. The van der Waals surface area contributed by atoms with Crippen molar-refractivity contribution in [2.45, 2.75) is 32.2 Å². The number of furan rings is 1. The quantitative estimate of drug-likeness (QED) is 0.584. The third-order valence-corrected chi connectivity index (χ3v) is 6.76. The summed E-state index contributed by atoms with van der Waals surface area (Å²) in [6.45, 7) is 5.74. The van der Waals surface area contributed by atoms with Crippen molar-refractivity contribution < 1.29 is 13.9 Å². The largest absolute Gasteiger partial charge is 0.464 e. The number of ether oxygens (including phenoxy) is 1. The number of hydrogen-bond donors (Lipinski definition) is 0. The summed E-state index contributed by atoms with van der Waals surface area (Å²) in [7, 11) is 0. The van der Waals surface area contributed by atoms with Crippen molar-refractivity contribution in [3.63, 3.8) is 0 Å². The standard InChI is InChI=1S/C27H32N2O3/c30-27(25-7-3-2-6-24(25)19-28-11-4-1-5-12-28)29-13-15-31-20-22(18-29)16-21-8-9-23-10-14-32-26(23)17-21/h2-3,6-10,14,17,22H,1,4-5,11-13,15-16,18-20H2/t22-/m0/s1. The van der Waals surface area contributed by atoms with Crippen LogP contribution in [0.3, 0.4) is 0 Å². The molecule has 0 radical (unpaired) electrons. The van der Waals surface area contributed by atoms with Crippen molar-refractivity contribution in [1.29, 1.82) is 0 Å². The molecule has 0 spiro atoms. The Morgan fingerprint density at radius 2 is 1.88 bits per heavy atom. The van der Waals surface area contributed by atoms with E-state index in [1.165, 1.54) is 24.8 Å². The highest BCUT2D eigenvalue weighted by Gasteiger charge is 2.25. The summed E-state index contributed by atoms with van der Waals surface area (Å²) in [6.07, 6.45) is 6.43. The molecule has 5 heteroatoms. The molecule has 2 aliphatic rings. The molecule has 0 aliphatic carbocycles. The lowest BCUT2D eigenvalue weighted by Gasteiger charge is -2.28. The second kappa shape index (κ2) is 9.88. The van der Waals surface area contributed by atoms with Crippen LogP contribution in [-0.2, 0) is 17.7 Å². The van der Waals surface area contributed by atoms with E-state index >= 15 is 0 Å². The molecule has 1 amide bonds. The molecule has 168 valence electrons. The van der Waals surface area contributed by atoms with Gasteiger partial charge in [0.1, 0.15) is 5.58 Å². The average molecular weight is 433 g/mol. The lowest BCUT2D eigenvalue weighted by molar-refractivity contribution is 0.0734. The number of likely N-dealkylation sites (tertiary alicyclic amines) is 1. The maximum atomic E-state index is 13.6. The van der Waals surface area contributed by atoms with Crippen LogP contribution in [0.2, 0.25) is 0 Å². The lowest BCUT2D eigenvalue weighted by atomic mass is 9.98. The van der Waals surface area contributed by atoms with E-state index in [1.807, 2.05) is 23.1 Å². The van der Waals surface area contributed by atoms with Gasteiger partial charge in [0.15, 0.2) is 0 Å². The van der Waals surface area contributed by atoms with E-state index in [0.29, 0.717) is 26.3 Å². The predicted molar refractivity (Wildman–Crippen MR) is 126 cm³/mol. The van der Waals surface area contributed by atoms with Crippen LogP contribution in [0.1, 0.15) is 40.7 Å². The first-order valence-electron chi connectivity index (χ1n) is 11.9. The Hall–Kier alpha value is -2.63. The number of carbonyl (C=O) groups excluding carboxylic acids is 1. The zero-order valence-corrected chi connectivity index (χ0v) is 18.7. The molecular weight excluding hydrogens is 400 g/mol. The fourth-order valence-electron chi connectivity index (χ4n) is 5.04. The molecule has 2 saturated heterocycles. The highest BCUT2D eigenvalue weighted by atomic mass is 16.5. The van der Waals surface area contributed by atoms with Crippen molar-refractivity contribution in [3.8, 4) is 0 Å². The maximum Gasteiger partial charge on any atom is 0.254 e. The Labute approximate surface area is 189 Å². The molecule has 2 fully saturated rings. The summed E-state index contributed by atoms with van der Waals surface area (Å²) < 4.78 is 11.5. The van der Waals surface area contributed by atoms with E-state index in [9.17, 15) is 4.79 Å². The first-order valence-corrected chi connectivity index (χ1v) is 11.9. The normalized spacial score (nSPS) is 20.4. The van der Waals surface area contributed by atoms with Crippen LogP contribution < -0.4 is 0 Å². The monoisotopic (exact) mass is 432 g/mol. The zero-order valence-electron chi connectivity index (χ0n) is 18.7. The van der Waals surface area contributed by atoms with Crippen LogP contribution in [0.4, 0.5) is 0 Å². The third-order valence-electron chi connectivity index (χ3n) is 6.76. The number of piperidine rings is 1. The Kier molecular flexibility index (Phi) is 6.56. The Bertz CT molecular complexity index is 1050. The second-order valence-electron chi connectivity index (χ2n) is 9.18. The fourth-order valence-corrected chi connectivity index (χ4v) is 5.04. The summed E-state index contributed by atoms with van der Waals surface area (Å²) in [5, 5.41) is 1.12. The number of carbonyl (C=O) groups is 1. The minimum Gasteiger partial charge on any atom is -0.464 e. The van der Waals surface area contributed by atoms with Gasteiger partial charge in [-0.2, -0.15) is 0 Å². The molecule has 3 heterocycles. The van der Waals surface area contributed by atoms with Gasteiger partial charge in [0.05, 0.1) is 19.5 Å². The van der Waals surface area contributed by atoms with Crippen molar-refractivity contribution in [2.24, 2.45) is 5.92 Å². The van der Waals surface area contributed by atoms with Gasteiger partial charge in [-0.25, -0.2) is 0 Å². The number of rotatable bonds is 5. The molecule has 2 aromatic carbocycles. The Morgan fingerprint density at radius 3 is 2.78 bits per heavy atom. The van der Waals surface area contributed by atoms with Gasteiger partial charge in [0.2, 0.25) is 0 Å². The molecule has 0 saturated carbocycles. The summed E-state index contributed by atoms with van der Waals surface area (Å²) in [5.74, 6) is 0.401. The smallest absolute Gasteiger partial charge is 0.254 e. The van der Waals surface area contributed by atoms with Crippen LogP contribution in [0.5, 0.6) is 0 Å². The SMILES string of the molecule is O=C(c1ccccc1CN1CCCCC1)N1CCOC[C@@H](Cc2ccc3ccoc3c2)C1. The molecule has 32 heavy (non-hydrogen) atoms. The van der Waals surface area contributed by atoms with Crippen LogP contribution in [0.25, 0.3) is 11.0 Å². The molecule has 1 aromatic heterocycles. The van der Waals surface area contributed by atoms with E-state index in [4.69, 9.17) is 9.15 Å². The molecule has 5 nitrogen and oxygen atoms in total. The van der Waals surface area contributed by atoms with Crippen molar-refractivity contribution >= 4 is 16.9 Å². The number of fused-ring (bicyclic) bond motifs is 1. The van der Waals surface area contributed by atoms with E-state index < -0.39 is 0 Å². The Balaban J connectivity index is 1.29. The summed E-state index contributed by atoms with van der Waals surface area (Å²) in [4.78, 5) is 18.1. The second-order valence-corrected chi connectivity index (χ2v) is 9.18. The molecule has 1 atom stereocenters. The third kappa shape index (κ3) is 4.89. The van der Waals surface area contributed by atoms with Gasteiger partial charge in [-0.15, -0.1) is 0 Å². The molecule has 5 rings (SSSR count). The zero-order chi connectivity index (χ0) is 21.8. The molecule has 3 aromatic rings. The fraction of sp³-hybridized carbons (Fsp3) is 0.444. The van der Waals surface area contributed by atoms with Crippen molar-refractivity contribution in [3.05, 3.63) is 71.5 Å². The van der Waals surface area contributed by atoms with E-state index in [0.717, 1.165) is 48.2 Å².